The van der Waals surface area contributed by atoms with Gasteiger partial charge < -0.3 is 14.1 Å². The van der Waals surface area contributed by atoms with Crippen LogP contribution in [0, 0.1) is 5.82 Å². The Morgan fingerprint density at radius 1 is 1.26 bits per heavy atom. The van der Waals surface area contributed by atoms with Gasteiger partial charge in [0.1, 0.15) is 11.6 Å². The zero-order valence-corrected chi connectivity index (χ0v) is 10.7. The normalized spacial score (nSPS) is 10.3. The van der Waals surface area contributed by atoms with E-state index in [2.05, 4.69) is 4.74 Å². The largest absolute Gasteiger partial charge is 0.463 e. The van der Waals surface area contributed by atoms with Crippen molar-refractivity contribution in [2.75, 3.05) is 19.1 Å². The number of methoxy groups -OCH3 is 1. The lowest BCUT2D eigenvalue weighted by atomic mass is 10.3. The molecule has 1 aromatic carbocycles. The van der Waals surface area contributed by atoms with Crippen molar-refractivity contribution in [2.24, 2.45) is 0 Å². The lowest BCUT2D eigenvalue weighted by Crippen LogP contribution is -2.15. The molecule has 0 amide bonds. The molecular formula is C14H14FNO3. The van der Waals surface area contributed by atoms with E-state index in [1.54, 1.807) is 24.3 Å². The van der Waals surface area contributed by atoms with Gasteiger partial charge in [-0.1, -0.05) is 0 Å². The highest BCUT2D eigenvalue weighted by Gasteiger charge is 2.12. The maximum atomic E-state index is 12.8. The van der Waals surface area contributed by atoms with Gasteiger partial charge >= 0.3 is 5.97 Å². The summed E-state index contributed by atoms with van der Waals surface area (Å²) < 4.78 is 22.7. The van der Waals surface area contributed by atoms with Gasteiger partial charge in [0.15, 0.2) is 0 Å². The van der Waals surface area contributed by atoms with E-state index < -0.39 is 5.97 Å². The number of hydrogen-bond donors (Lipinski definition) is 0. The molecule has 5 heteroatoms. The first-order valence-corrected chi connectivity index (χ1v) is 5.74. The van der Waals surface area contributed by atoms with Gasteiger partial charge in [-0.3, -0.25) is 0 Å². The van der Waals surface area contributed by atoms with Gasteiger partial charge in [0.05, 0.1) is 13.7 Å². The predicted octanol–water partition coefficient (Wildman–Crippen LogP) is 2.84. The third-order valence-electron chi connectivity index (χ3n) is 2.71. The fraction of sp³-hybridized carbons (Fsp3) is 0.214. The van der Waals surface area contributed by atoms with Crippen LogP contribution in [0.2, 0.25) is 0 Å². The summed E-state index contributed by atoms with van der Waals surface area (Å²) in [6.45, 7) is 0.475. The Hall–Kier alpha value is -2.30. The summed E-state index contributed by atoms with van der Waals surface area (Å²) in [5.41, 5.74) is 0.859. The summed E-state index contributed by atoms with van der Waals surface area (Å²) in [6.07, 6.45) is 0. The lowest BCUT2D eigenvalue weighted by Gasteiger charge is -2.17. The predicted molar refractivity (Wildman–Crippen MR) is 68.6 cm³/mol. The van der Waals surface area contributed by atoms with Crippen LogP contribution in [0.15, 0.2) is 40.8 Å². The summed E-state index contributed by atoms with van der Waals surface area (Å²) in [5.74, 6) is 0.0241. The second-order valence-corrected chi connectivity index (χ2v) is 4.09. The first kappa shape index (κ1) is 13.1. The Morgan fingerprint density at radius 3 is 2.58 bits per heavy atom. The molecule has 0 atom stereocenters. The molecule has 2 aromatic rings. The summed E-state index contributed by atoms with van der Waals surface area (Å²) in [4.78, 5) is 13.1. The van der Waals surface area contributed by atoms with E-state index in [-0.39, 0.29) is 11.6 Å². The van der Waals surface area contributed by atoms with E-state index >= 15 is 0 Å². The van der Waals surface area contributed by atoms with Gasteiger partial charge in [-0.15, -0.1) is 0 Å². The van der Waals surface area contributed by atoms with Gasteiger partial charge in [-0.2, -0.15) is 0 Å². The number of carbonyl (C=O) groups excluding carboxylic acids is 1. The molecule has 0 radical (unpaired) electrons. The number of halogens is 1. The topological polar surface area (TPSA) is 42.7 Å². The smallest absolute Gasteiger partial charge is 0.373 e. The molecule has 0 unspecified atom stereocenters. The number of furan rings is 1. The van der Waals surface area contributed by atoms with E-state index in [1.165, 1.54) is 19.2 Å². The molecule has 100 valence electrons. The maximum Gasteiger partial charge on any atom is 0.373 e. The van der Waals surface area contributed by atoms with Gasteiger partial charge in [-0.05, 0) is 36.4 Å². The van der Waals surface area contributed by atoms with Crippen LogP contribution >= 0.6 is 0 Å². The van der Waals surface area contributed by atoms with Crippen molar-refractivity contribution in [1.82, 2.24) is 0 Å². The number of rotatable bonds is 4. The average molecular weight is 263 g/mol. The highest BCUT2D eigenvalue weighted by Crippen LogP contribution is 2.17. The number of nitrogens with zero attached hydrogens (tertiary/aromatic N) is 1. The fourth-order valence-corrected chi connectivity index (χ4v) is 1.69. The third-order valence-corrected chi connectivity index (χ3v) is 2.71. The van der Waals surface area contributed by atoms with Crippen LogP contribution in [0.5, 0.6) is 0 Å². The standard InChI is InChI=1S/C14H14FNO3/c1-16(11-5-3-10(15)4-6-11)9-12-7-8-13(19-12)14(17)18-2/h3-8H,9H2,1-2H3. The number of carbonyl (C=O) groups is 1. The highest BCUT2D eigenvalue weighted by atomic mass is 19.1. The molecule has 0 spiro atoms. The molecule has 0 N–H and O–H groups in total. The van der Waals surface area contributed by atoms with Gasteiger partial charge in [0, 0.05) is 12.7 Å². The Morgan fingerprint density at radius 2 is 1.95 bits per heavy atom. The van der Waals surface area contributed by atoms with E-state index in [4.69, 9.17) is 4.42 Å². The van der Waals surface area contributed by atoms with Crippen molar-refractivity contribution < 1.29 is 18.3 Å². The quantitative estimate of drug-likeness (QED) is 0.795. The number of hydrogen-bond acceptors (Lipinski definition) is 4. The van der Waals surface area contributed by atoms with E-state index in [0.29, 0.717) is 12.3 Å². The molecule has 19 heavy (non-hydrogen) atoms. The molecule has 0 aliphatic rings. The fourth-order valence-electron chi connectivity index (χ4n) is 1.69. The summed E-state index contributed by atoms with van der Waals surface area (Å²) in [7, 11) is 3.16. The van der Waals surface area contributed by atoms with E-state index in [9.17, 15) is 9.18 Å². The second-order valence-electron chi connectivity index (χ2n) is 4.09. The van der Waals surface area contributed by atoms with Gasteiger partial charge in [0.25, 0.3) is 0 Å². The van der Waals surface area contributed by atoms with Crippen LogP contribution in [0.3, 0.4) is 0 Å². The van der Waals surface area contributed by atoms with Crippen molar-refractivity contribution in [3.8, 4) is 0 Å². The summed E-state index contributed by atoms with van der Waals surface area (Å²) in [6, 6.07) is 9.44. The molecule has 4 nitrogen and oxygen atoms in total. The first-order chi connectivity index (χ1) is 9.10. The van der Waals surface area contributed by atoms with E-state index in [1.807, 2.05) is 11.9 Å². The SMILES string of the molecule is COC(=O)c1ccc(CN(C)c2ccc(F)cc2)o1. The highest BCUT2D eigenvalue weighted by molar-refractivity contribution is 5.86. The number of ether oxygens (including phenoxy) is 1. The first-order valence-electron chi connectivity index (χ1n) is 5.74. The molecule has 0 fully saturated rings. The molecule has 2 rings (SSSR count). The van der Waals surface area contributed by atoms with E-state index in [0.717, 1.165) is 5.69 Å². The van der Waals surface area contributed by atoms with Crippen LogP contribution in [0.25, 0.3) is 0 Å². The second kappa shape index (κ2) is 5.56. The van der Waals surface area contributed by atoms with Gasteiger partial charge in [0.2, 0.25) is 5.76 Å². The Bertz CT molecular complexity index is 562. The molecule has 0 aliphatic carbocycles. The maximum absolute atomic E-state index is 12.8. The summed E-state index contributed by atoms with van der Waals surface area (Å²) in [5, 5.41) is 0. The van der Waals surface area contributed by atoms with Crippen LogP contribution in [-0.4, -0.2) is 20.1 Å². The molecule has 0 saturated carbocycles. The zero-order valence-electron chi connectivity index (χ0n) is 10.7. The van der Waals surface area contributed by atoms with Crippen molar-refractivity contribution in [3.63, 3.8) is 0 Å². The van der Waals surface area contributed by atoms with Crippen LogP contribution < -0.4 is 4.90 Å². The number of esters is 1. The van der Waals surface area contributed by atoms with Crippen molar-refractivity contribution >= 4 is 11.7 Å². The monoisotopic (exact) mass is 263 g/mol. The minimum atomic E-state index is -0.504. The Kier molecular flexibility index (Phi) is 3.85. The lowest BCUT2D eigenvalue weighted by molar-refractivity contribution is 0.0563. The minimum absolute atomic E-state index is 0.171. The molecule has 0 aliphatic heterocycles. The minimum Gasteiger partial charge on any atom is -0.463 e. The Balaban J connectivity index is 2.06. The molecular weight excluding hydrogens is 249 g/mol. The molecule has 1 heterocycles. The van der Waals surface area contributed by atoms with Crippen LogP contribution in [0.1, 0.15) is 16.3 Å². The summed E-state index contributed by atoms with van der Waals surface area (Å²) >= 11 is 0. The van der Waals surface area contributed by atoms with Crippen molar-refractivity contribution in [2.45, 2.75) is 6.54 Å². The number of anilines is 1. The number of benzene rings is 1. The third kappa shape index (κ3) is 3.13. The molecule has 1 aromatic heterocycles. The van der Waals surface area contributed by atoms with Crippen molar-refractivity contribution in [3.05, 3.63) is 53.7 Å². The van der Waals surface area contributed by atoms with Crippen LogP contribution in [-0.2, 0) is 11.3 Å². The van der Waals surface area contributed by atoms with Crippen molar-refractivity contribution in [1.29, 1.82) is 0 Å². The average Bonchev–Trinajstić information content (AvgIpc) is 2.87. The van der Waals surface area contributed by atoms with Gasteiger partial charge in [-0.25, -0.2) is 9.18 Å². The molecule has 0 bridgehead atoms. The molecule has 0 saturated heterocycles. The Labute approximate surface area is 110 Å². The van der Waals surface area contributed by atoms with Crippen LogP contribution in [0.4, 0.5) is 10.1 Å². The zero-order chi connectivity index (χ0) is 13.8.